The number of pyridine rings is 1. The summed E-state index contributed by atoms with van der Waals surface area (Å²) >= 11 is 3.39. The third-order valence-corrected chi connectivity index (χ3v) is 6.37. The van der Waals surface area contributed by atoms with E-state index in [9.17, 15) is 4.79 Å². The fourth-order valence-electron chi connectivity index (χ4n) is 4.56. The van der Waals surface area contributed by atoms with Crippen LogP contribution in [0.1, 0.15) is 56.3 Å². The highest BCUT2D eigenvalue weighted by Crippen LogP contribution is 2.34. The van der Waals surface area contributed by atoms with Crippen molar-refractivity contribution in [2.75, 3.05) is 25.1 Å². The van der Waals surface area contributed by atoms with Crippen LogP contribution in [0, 0.1) is 11.8 Å². The second-order valence-corrected chi connectivity index (χ2v) is 8.71. The number of halogens is 1. The van der Waals surface area contributed by atoms with E-state index in [1.165, 1.54) is 26.4 Å². The maximum atomic E-state index is 12.1. The molecule has 0 amide bonds. The zero-order valence-corrected chi connectivity index (χ0v) is 17.6. The molecule has 0 bridgehead atoms. The lowest BCUT2D eigenvalue weighted by molar-refractivity contribution is 0.0601. The van der Waals surface area contributed by atoms with Crippen LogP contribution in [0.2, 0.25) is 0 Å². The predicted octanol–water partition coefficient (Wildman–Crippen LogP) is 4.01. The number of ether oxygens (including phenoxy) is 1. The van der Waals surface area contributed by atoms with Crippen molar-refractivity contribution in [2.24, 2.45) is 11.8 Å². The van der Waals surface area contributed by atoms with Gasteiger partial charge in [0.2, 0.25) is 0 Å². The summed E-state index contributed by atoms with van der Waals surface area (Å²) in [5, 5.41) is 3.93. The van der Waals surface area contributed by atoms with Gasteiger partial charge in [-0.15, -0.1) is 0 Å². The van der Waals surface area contributed by atoms with Gasteiger partial charge >= 0.3 is 5.97 Å². The Morgan fingerprint density at radius 1 is 1.38 bits per heavy atom. The van der Waals surface area contributed by atoms with Gasteiger partial charge in [-0.25, -0.2) is 9.78 Å². The smallest absolute Gasteiger partial charge is 0.341 e. The number of methoxy groups -OCH3 is 1. The first kappa shape index (κ1) is 19.6. The van der Waals surface area contributed by atoms with Gasteiger partial charge in [0.05, 0.1) is 7.11 Å². The minimum absolute atomic E-state index is 0.334. The number of piperidine rings is 1. The summed E-state index contributed by atoms with van der Waals surface area (Å²) in [6, 6.07) is 3.03. The van der Waals surface area contributed by atoms with Crippen LogP contribution in [-0.4, -0.2) is 43.2 Å². The molecule has 1 aliphatic carbocycles. The minimum Gasteiger partial charge on any atom is -0.465 e. The number of hydrogen-bond donors (Lipinski definition) is 1. The molecular weight excluding hydrogens is 394 g/mol. The van der Waals surface area contributed by atoms with E-state index in [1.807, 2.05) is 0 Å². The Bertz CT molecular complexity index is 631. The molecule has 1 aromatic heterocycles. The summed E-state index contributed by atoms with van der Waals surface area (Å²) in [5.41, 5.74) is 0.531. The summed E-state index contributed by atoms with van der Waals surface area (Å²) in [5.74, 6) is 2.06. The Labute approximate surface area is 165 Å². The molecule has 2 aliphatic rings. The second-order valence-electron chi connectivity index (χ2n) is 7.80. The minimum atomic E-state index is -0.334. The van der Waals surface area contributed by atoms with Crippen LogP contribution in [0.15, 0.2) is 16.7 Å². The average molecular weight is 424 g/mol. The van der Waals surface area contributed by atoms with Gasteiger partial charge in [-0.05, 0) is 59.5 Å². The van der Waals surface area contributed by atoms with Gasteiger partial charge in [0.15, 0.2) is 0 Å². The number of rotatable bonds is 5. The monoisotopic (exact) mass is 423 g/mol. The number of esters is 1. The normalized spacial score (nSPS) is 26.9. The number of aromatic nitrogens is 1. The van der Waals surface area contributed by atoms with Crippen molar-refractivity contribution < 1.29 is 9.53 Å². The molecule has 2 fully saturated rings. The van der Waals surface area contributed by atoms with E-state index in [-0.39, 0.29) is 5.97 Å². The van der Waals surface area contributed by atoms with Gasteiger partial charge in [0, 0.05) is 35.8 Å². The van der Waals surface area contributed by atoms with Crippen LogP contribution in [0.5, 0.6) is 0 Å². The molecule has 6 heteroatoms. The molecule has 5 nitrogen and oxygen atoms in total. The topological polar surface area (TPSA) is 54.5 Å². The third-order valence-electron chi connectivity index (χ3n) is 5.94. The Kier molecular flexibility index (Phi) is 6.56. The van der Waals surface area contributed by atoms with Crippen LogP contribution >= 0.6 is 15.9 Å². The van der Waals surface area contributed by atoms with Crippen molar-refractivity contribution in [3.05, 3.63) is 22.3 Å². The molecule has 1 saturated carbocycles. The highest BCUT2D eigenvalue weighted by atomic mass is 79.9. The summed E-state index contributed by atoms with van der Waals surface area (Å²) in [7, 11) is 1.41. The van der Waals surface area contributed by atoms with Crippen molar-refractivity contribution in [3.8, 4) is 0 Å². The molecular formula is C20H30BrN3O2. The van der Waals surface area contributed by atoms with E-state index in [0.29, 0.717) is 17.6 Å². The molecule has 1 aromatic rings. The largest absolute Gasteiger partial charge is 0.465 e. The SMILES string of the molecule is CCC1CC(C)CC1NC1CCN(c2ncc(Br)cc2C(=O)OC)CC1. The van der Waals surface area contributed by atoms with E-state index in [4.69, 9.17) is 4.74 Å². The highest BCUT2D eigenvalue weighted by molar-refractivity contribution is 9.10. The van der Waals surface area contributed by atoms with E-state index < -0.39 is 0 Å². The van der Waals surface area contributed by atoms with Crippen molar-refractivity contribution in [2.45, 2.75) is 58.0 Å². The number of nitrogens with zero attached hydrogens (tertiary/aromatic N) is 2. The fourth-order valence-corrected chi connectivity index (χ4v) is 4.89. The number of nitrogens with one attached hydrogen (secondary N) is 1. The van der Waals surface area contributed by atoms with Crippen molar-refractivity contribution >= 4 is 27.7 Å². The summed E-state index contributed by atoms with van der Waals surface area (Å²) in [6.45, 7) is 6.51. The van der Waals surface area contributed by atoms with E-state index in [1.54, 1.807) is 12.3 Å². The standard InChI is InChI=1S/C20H30BrN3O2/c1-4-14-9-13(2)10-18(14)23-16-5-7-24(8-6-16)19-17(20(25)26-3)11-15(21)12-22-19/h11-14,16,18,23H,4-10H2,1-3H3. The Morgan fingerprint density at radius 2 is 2.12 bits per heavy atom. The van der Waals surface area contributed by atoms with E-state index in [2.05, 4.69) is 45.0 Å². The molecule has 26 heavy (non-hydrogen) atoms. The quantitative estimate of drug-likeness (QED) is 0.724. The number of carbonyl (C=O) groups excluding carboxylic acids is 1. The maximum absolute atomic E-state index is 12.1. The lowest BCUT2D eigenvalue weighted by atomic mass is 9.97. The van der Waals surface area contributed by atoms with Crippen LogP contribution < -0.4 is 10.2 Å². The van der Waals surface area contributed by atoms with Crippen LogP contribution in [0.4, 0.5) is 5.82 Å². The highest BCUT2D eigenvalue weighted by Gasteiger charge is 2.33. The van der Waals surface area contributed by atoms with Crippen molar-refractivity contribution in [3.63, 3.8) is 0 Å². The van der Waals surface area contributed by atoms with Gasteiger partial charge in [-0.1, -0.05) is 20.3 Å². The molecule has 3 rings (SSSR count). The third kappa shape index (κ3) is 4.39. The average Bonchev–Trinajstić information content (AvgIpc) is 3.01. The summed E-state index contributed by atoms with van der Waals surface area (Å²) in [6.07, 6.45) is 7.85. The second kappa shape index (κ2) is 8.70. The Morgan fingerprint density at radius 3 is 2.77 bits per heavy atom. The molecule has 0 radical (unpaired) electrons. The first-order valence-electron chi connectivity index (χ1n) is 9.76. The van der Waals surface area contributed by atoms with Crippen LogP contribution in [0.25, 0.3) is 0 Å². The molecule has 3 atom stereocenters. The zero-order valence-electron chi connectivity index (χ0n) is 16.0. The maximum Gasteiger partial charge on any atom is 0.341 e. The van der Waals surface area contributed by atoms with E-state index in [0.717, 1.165) is 48.1 Å². The van der Waals surface area contributed by atoms with Crippen molar-refractivity contribution in [1.82, 2.24) is 10.3 Å². The fraction of sp³-hybridized carbons (Fsp3) is 0.700. The molecule has 2 heterocycles. The number of carbonyl (C=O) groups is 1. The number of anilines is 1. The van der Waals surface area contributed by atoms with Crippen LogP contribution in [0.3, 0.4) is 0 Å². The molecule has 0 aromatic carbocycles. The van der Waals surface area contributed by atoms with Gasteiger partial charge < -0.3 is 15.0 Å². The molecule has 1 aliphatic heterocycles. The van der Waals surface area contributed by atoms with Gasteiger partial charge in [0.1, 0.15) is 11.4 Å². The first-order valence-corrected chi connectivity index (χ1v) is 10.6. The Balaban J connectivity index is 1.61. The Hall–Kier alpha value is -1.14. The lowest BCUT2D eigenvalue weighted by Gasteiger charge is -2.36. The zero-order chi connectivity index (χ0) is 18.7. The molecule has 0 spiro atoms. The number of hydrogen-bond acceptors (Lipinski definition) is 5. The predicted molar refractivity (Wildman–Crippen MR) is 108 cm³/mol. The van der Waals surface area contributed by atoms with Gasteiger partial charge in [-0.3, -0.25) is 0 Å². The molecule has 144 valence electrons. The van der Waals surface area contributed by atoms with Gasteiger partial charge in [-0.2, -0.15) is 0 Å². The summed E-state index contributed by atoms with van der Waals surface area (Å²) < 4.78 is 5.72. The van der Waals surface area contributed by atoms with E-state index >= 15 is 0 Å². The molecule has 3 unspecified atom stereocenters. The van der Waals surface area contributed by atoms with Crippen LogP contribution in [-0.2, 0) is 4.74 Å². The van der Waals surface area contributed by atoms with Gasteiger partial charge in [0.25, 0.3) is 0 Å². The first-order chi connectivity index (χ1) is 12.5. The molecule has 1 saturated heterocycles. The summed E-state index contributed by atoms with van der Waals surface area (Å²) in [4.78, 5) is 18.8. The lowest BCUT2D eigenvalue weighted by Crippen LogP contribution is -2.47. The molecule has 1 N–H and O–H groups in total. The van der Waals surface area contributed by atoms with Crippen molar-refractivity contribution in [1.29, 1.82) is 0 Å².